The van der Waals surface area contributed by atoms with Gasteiger partial charge < -0.3 is 15.2 Å². The molecule has 2 N–H and O–H groups in total. The van der Waals surface area contributed by atoms with Crippen LogP contribution in [0.2, 0.25) is 0 Å². The van der Waals surface area contributed by atoms with E-state index in [1.807, 2.05) is 13.8 Å². The summed E-state index contributed by atoms with van der Waals surface area (Å²) in [5, 5.41) is 12.4. The lowest BCUT2D eigenvalue weighted by molar-refractivity contribution is -0.137. The van der Waals surface area contributed by atoms with E-state index in [0.29, 0.717) is 13.0 Å². The fourth-order valence-electron chi connectivity index (χ4n) is 2.37. The van der Waals surface area contributed by atoms with E-state index in [-0.39, 0.29) is 18.1 Å². The maximum Gasteiger partial charge on any atom is 0.249 e. The molecule has 4 nitrogen and oxygen atoms in total. The number of carbonyl (C=O) groups is 1. The van der Waals surface area contributed by atoms with Gasteiger partial charge in [-0.3, -0.25) is 4.79 Å². The topological polar surface area (TPSA) is 58.6 Å². The highest BCUT2D eigenvalue weighted by Gasteiger charge is 2.24. The van der Waals surface area contributed by atoms with Gasteiger partial charge in [-0.2, -0.15) is 0 Å². The molecule has 1 rings (SSSR count). The summed E-state index contributed by atoms with van der Waals surface area (Å²) in [6, 6.07) is 0. The predicted octanol–water partition coefficient (Wildman–Crippen LogP) is 2.00. The minimum absolute atomic E-state index is 0.0837. The highest BCUT2D eigenvalue weighted by Crippen LogP contribution is 2.22. The first-order valence-corrected chi connectivity index (χ1v) is 7.28. The smallest absolute Gasteiger partial charge is 0.249 e. The Morgan fingerprint density at radius 2 is 2.06 bits per heavy atom. The predicted molar refractivity (Wildman–Crippen MR) is 71.3 cm³/mol. The van der Waals surface area contributed by atoms with Gasteiger partial charge in [0, 0.05) is 6.54 Å². The molecule has 1 aliphatic rings. The Labute approximate surface area is 110 Å². The van der Waals surface area contributed by atoms with Gasteiger partial charge in [0.1, 0.15) is 6.10 Å². The van der Waals surface area contributed by atoms with Crippen molar-refractivity contribution in [3.8, 4) is 0 Å². The monoisotopic (exact) mass is 257 g/mol. The molecule has 1 amide bonds. The molecule has 0 spiro atoms. The van der Waals surface area contributed by atoms with Crippen molar-refractivity contribution in [1.29, 1.82) is 0 Å². The molecule has 0 aliphatic heterocycles. The molecule has 0 aromatic heterocycles. The summed E-state index contributed by atoms with van der Waals surface area (Å²) < 4.78 is 5.82. The summed E-state index contributed by atoms with van der Waals surface area (Å²) in [4.78, 5) is 11.9. The average Bonchev–Trinajstić information content (AvgIpc) is 2.86. The van der Waals surface area contributed by atoms with Gasteiger partial charge >= 0.3 is 0 Å². The summed E-state index contributed by atoms with van der Waals surface area (Å²) in [5.41, 5.74) is 0. The Hall–Kier alpha value is -0.610. The van der Waals surface area contributed by atoms with Crippen molar-refractivity contribution in [2.45, 2.75) is 77.1 Å². The molecule has 1 saturated carbocycles. The van der Waals surface area contributed by atoms with Crippen molar-refractivity contribution in [2.75, 3.05) is 6.54 Å². The van der Waals surface area contributed by atoms with Crippen LogP contribution in [0.15, 0.2) is 0 Å². The molecule has 1 aliphatic carbocycles. The number of amides is 1. The molecule has 0 saturated heterocycles. The summed E-state index contributed by atoms with van der Waals surface area (Å²) in [6.07, 6.45) is 6.34. The normalized spacial score (nSPS) is 19.7. The van der Waals surface area contributed by atoms with Gasteiger partial charge in [0.2, 0.25) is 5.91 Å². The number of nitrogens with one attached hydrogen (secondary N) is 1. The Morgan fingerprint density at radius 1 is 1.39 bits per heavy atom. The van der Waals surface area contributed by atoms with Crippen molar-refractivity contribution >= 4 is 5.91 Å². The first-order chi connectivity index (χ1) is 8.67. The second kappa shape index (κ2) is 8.48. The van der Waals surface area contributed by atoms with Crippen LogP contribution in [0.25, 0.3) is 0 Å². The zero-order valence-electron chi connectivity index (χ0n) is 11.7. The lowest BCUT2D eigenvalue weighted by atomic mass is 10.2. The quantitative estimate of drug-likeness (QED) is 0.699. The third-order valence-corrected chi connectivity index (χ3v) is 3.46. The Morgan fingerprint density at radius 3 is 2.61 bits per heavy atom. The Kier molecular flexibility index (Phi) is 7.28. The van der Waals surface area contributed by atoms with Crippen molar-refractivity contribution in [2.24, 2.45) is 0 Å². The number of aliphatic hydroxyl groups excluding tert-OH is 1. The third kappa shape index (κ3) is 5.36. The highest BCUT2D eigenvalue weighted by atomic mass is 16.5. The van der Waals surface area contributed by atoms with Gasteiger partial charge in [-0.25, -0.2) is 0 Å². The van der Waals surface area contributed by atoms with Gasteiger partial charge in [-0.05, 0) is 25.7 Å². The van der Waals surface area contributed by atoms with E-state index in [1.54, 1.807) is 0 Å². The van der Waals surface area contributed by atoms with Gasteiger partial charge in [0.05, 0.1) is 12.2 Å². The number of carbonyl (C=O) groups excluding carboxylic acids is 1. The zero-order chi connectivity index (χ0) is 13.4. The summed E-state index contributed by atoms with van der Waals surface area (Å²) in [5.74, 6) is -0.0837. The van der Waals surface area contributed by atoms with Crippen LogP contribution >= 0.6 is 0 Å². The lowest BCUT2D eigenvalue weighted by Crippen LogP contribution is -2.41. The minimum Gasteiger partial charge on any atom is -0.391 e. The lowest BCUT2D eigenvalue weighted by Gasteiger charge is -2.21. The van der Waals surface area contributed by atoms with Crippen LogP contribution in [0.4, 0.5) is 0 Å². The van der Waals surface area contributed by atoms with Crippen LogP contribution in [0.5, 0.6) is 0 Å². The molecule has 2 unspecified atom stereocenters. The zero-order valence-corrected chi connectivity index (χ0v) is 11.7. The van der Waals surface area contributed by atoms with Gasteiger partial charge in [-0.1, -0.05) is 33.1 Å². The molecule has 106 valence electrons. The highest BCUT2D eigenvalue weighted by molar-refractivity contribution is 5.80. The largest absolute Gasteiger partial charge is 0.391 e. The van der Waals surface area contributed by atoms with Crippen molar-refractivity contribution < 1.29 is 14.6 Å². The van der Waals surface area contributed by atoms with E-state index >= 15 is 0 Å². The SMILES string of the molecule is CCCC(O)CNC(=O)C(CC)OC1CCCC1. The number of aliphatic hydroxyl groups is 1. The van der Waals surface area contributed by atoms with Crippen molar-refractivity contribution in [1.82, 2.24) is 5.32 Å². The standard InChI is InChI=1S/C14H27NO3/c1-3-7-11(16)10-15-14(17)13(4-2)18-12-8-5-6-9-12/h11-13,16H,3-10H2,1-2H3,(H,15,17). The molecular weight excluding hydrogens is 230 g/mol. The number of hydrogen-bond acceptors (Lipinski definition) is 3. The fourth-order valence-corrected chi connectivity index (χ4v) is 2.37. The molecule has 0 radical (unpaired) electrons. The number of rotatable bonds is 8. The van der Waals surface area contributed by atoms with E-state index in [4.69, 9.17) is 4.74 Å². The summed E-state index contributed by atoms with van der Waals surface area (Å²) in [7, 11) is 0. The van der Waals surface area contributed by atoms with E-state index in [9.17, 15) is 9.90 Å². The van der Waals surface area contributed by atoms with Gasteiger partial charge in [-0.15, -0.1) is 0 Å². The first kappa shape index (κ1) is 15.4. The second-order valence-electron chi connectivity index (χ2n) is 5.13. The van der Waals surface area contributed by atoms with E-state index in [0.717, 1.165) is 25.7 Å². The molecule has 18 heavy (non-hydrogen) atoms. The van der Waals surface area contributed by atoms with E-state index in [1.165, 1.54) is 12.8 Å². The maximum absolute atomic E-state index is 11.9. The second-order valence-corrected chi connectivity index (χ2v) is 5.13. The summed E-state index contributed by atoms with van der Waals surface area (Å²) >= 11 is 0. The van der Waals surface area contributed by atoms with Crippen molar-refractivity contribution in [3.63, 3.8) is 0 Å². The van der Waals surface area contributed by atoms with E-state index < -0.39 is 6.10 Å². The van der Waals surface area contributed by atoms with Gasteiger partial charge in [0.25, 0.3) is 0 Å². The molecule has 1 fully saturated rings. The van der Waals surface area contributed by atoms with Crippen LogP contribution in [-0.2, 0) is 9.53 Å². The third-order valence-electron chi connectivity index (χ3n) is 3.46. The molecule has 4 heteroatoms. The van der Waals surface area contributed by atoms with Crippen LogP contribution < -0.4 is 5.32 Å². The van der Waals surface area contributed by atoms with Crippen LogP contribution in [0.1, 0.15) is 58.8 Å². The molecule has 2 atom stereocenters. The van der Waals surface area contributed by atoms with E-state index in [2.05, 4.69) is 5.32 Å². The average molecular weight is 257 g/mol. The Balaban J connectivity index is 2.27. The number of hydrogen-bond donors (Lipinski definition) is 2. The fraction of sp³-hybridized carbons (Fsp3) is 0.929. The number of ether oxygens (including phenoxy) is 1. The molecule has 0 bridgehead atoms. The minimum atomic E-state index is -0.442. The first-order valence-electron chi connectivity index (χ1n) is 7.28. The van der Waals surface area contributed by atoms with Crippen LogP contribution in [-0.4, -0.2) is 35.9 Å². The molecule has 0 aromatic carbocycles. The van der Waals surface area contributed by atoms with Gasteiger partial charge in [0.15, 0.2) is 0 Å². The van der Waals surface area contributed by atoms with Crippen LogP contribution in [0, 0.1) is 0 Å². The van der Waals surface area contributed by atoms with Crippen molar-refractivity contribution in [3.05, 3.63) is 0 Å². The maximum atomic E-state index is 11.9. The molecule has 0 aromatic rings. The Bertz CT molecular complexity index is 239. The summed E-state index contributed by atoms with van der Waals surface area (Å²) in [6.45, 7) is 4.31. The van der Waals surface area contributed by atoms with Crippen LogP contribution in [0.3, 0.4) is 0 Å². The molecular formula is C14H27NO3. The molecule has 0 heterocycles.